The molecule has 34 heavy (non-hydrogen) atoms. The van der Waals surface area contributed by atoms with E-state index in [9.17, 15) is 14.4 Å². The summed E-state index contributed by atoms with van der Waals surface area (Å²) in [5.41, 5.74) is 3.27. The van der Waals surface area contributed by atoms with Gasteiger partial charge < -0.3 is 5.32 Å². The molecule has 7 rings (SSSR count). The first-order valence-corrected chi connectivity index (χ1v) is 11.9. The predicted octanol–water partition coefficient (Wildman–Crippen LogP) is 4.87. The van der Waals surface area contributed by atoms with Gasteiger partial charge in [0.25, 0.3) is 0 Å². The number of rotatable bonds is 3. The second kappa shape index (κ2) is 7.32. The van der Waals surface area contributed by atoms with E-state index in [1.54, 1.807) is 24.3 Å². The number of hydrogen-bond donors (Lipinski definition) is 1. The monoisotopic (exact) mass is 510 g/mol. The lowest BCUT2D eigenvalue weighted by atomic mass is 9.54. The van der Waals surface area contributed by atoms with Crippen LogP contribution in [0.25, 0.3) is 0 Å². The standard InChI is InChI=1S/C26H17Cl3N2O3/c27-18-11-5-6-12-19(18)30-20(32)13-31-23(33)21-22(24(31)34)26(29)15-8-2-1-7-14(15)25(21,28)16-9-3-4-10-17(16)26/h1-12,21-22H,13H2,(H,30,32)/t21-,22-,25?,26?/m1/s1. The Morgan fingerprint density at radius 1 is 0.765 bits per heavy atom. The molecule has 3 amide bonds. The van der Waals surface area contributed by atoms with Gasteiger partial charge in [0.05, 0.1) is 22.5 Å². The van der Waals surface area contributed by atoms with Crippen molar-refractivity contribution in [1.82, 2.24) is 4.90 Å². The molecule has 1 saturated heterocycles. The maximum Gasteiger partial charge on any atom is 0.244 e. The van der Waals surface area contributed by atoms with Crippen molar-refractivity contribution in [2.75, 3.05) is 11.9 Å². The molecule has 2 bridgehead atoms. The van der Waals surface area contributed by atoms with E-state index in [1.165, 1.54) is 0 Å². The molecular formula is C26H17Cl3N2O3. The molecule has 0 spiro atoms. The van der Waals surface area contributed by atoms with Crippen LogP contribution in [0.5, 0.6) is 0 Å². The molecule has 0 saturated carbocycles. The number of para-hydroxylation sites is 1. The van der Waals surface area contributed by atoms with E-state index in [1.807, 2.05) is 48.5 Å². The second-order valence-electron chi connectivity index (χ2n) is 8.76. The third kappa shape index (κ3) is 2.60. The highest BCUT2D eigenvalue weighted by Gasteiger charge is 2.73. The van der Waals surface area contributed by atoms with Gasteiger partial charge in [-0.05, 0) is 34.4 Å². The summed E-state index contributed by atoms with van der Waals surface area (Å²) < 4.78 is 0. The van der Waals surface area contributed by atoms with Gasteiger partial charge >= 0.3 is 0 Å². The number of alkyl halides is 2. The molecule has 3 aromatic rings. The average Bonchev–Trinajstić information content (AvgIpc) is 3.10. The number of likely N-dealkylation sites (tertiary alicyclic amines) is 1. The highest BCUT2D eigenvalue weighted by atomic mass is 35.5. The molecule has 4 aliphatic rings. The first-order chi connectivity index (χ1) is 16.3. The molecule has 1 aliphatic heterocycles. The van der Waals surface area contributed by atoms with Crippen LogP contribution >= 0.6 is 34.8 Å². The number of halogens is 3. The number of carbonyl (C=O) groups excluding carboxylic acids is 3. The average molecular weight is 512 g/mol. The van der Waals surface area contributed by atoms with Gasteiger partial charge in [-0.15, -0.1) is 23.2 Å². The third-order valence-electron chi connectivity index (χ3n) is 7.13. The second-order valence-corrected chi connectivity index (χ2v) is 10.4. The lowest BCUT2D eigenvalue weighted by molar-refractivity contribution is -0.142. The first-order valence-electron chi connectivity index (χ1n) is 10.8. The van der Waals surface area contributed by atoms with Crippen molar-refractivity contribution in [3.63, 3.8) is 0 Å². The van der Waals surface area contributed by atoms with Gasteiger partial charge in [0.1, 0.15) is 16.3 Å². The van der Waals surface area contributed by atoms with Crippen LogP contribution in [0.15, 0.2) is 72.8 Å². The van der Waals surface area contributed by atoms with Gasteiger partial charge in [0.15, 0.2) is 0 Å². The molecule has 0 unspecified atom stereocenters. The molecule has 1 fully saturated rings. The molecule has 5 nitrogen and oxygen atoms in total. The number of nitrogens with one attached hydrogen (secondary N) is 1. The van der Waals surface area contributed by atoms with Crippen molar-refractivity contribution in [3.8, 4) is 0 Å². The van der Waals surface area contributed by atoms with Gasteiger partial charge in [-0.2, -0.15) is 0 Å². The van der Waals surface area contributed by atoms with Crippen molar-refractivity contribution in [3.05, 3.63) is 100 Å². The molecule has 0 radical (unpaired) electrons. The van der Waals surface area contributed by atoms with Crippen molar-refractivity contribution in [2.24, 2.45) is 11.8 Å². The van der Waals surface area contributed by atoms with E-state index >= 15 is 0 Å². The Labute approximate surface area is 210 Å². The summed E-state index contributed by atoms with van der Waals surface area (Å²) in [5, 5.41) is 3.02. The van der Waals surface area contributed by atoms with E-state index in [0.717, 1.165) is 27.2 Å². The zero-order valence-corrected chi connectivity index (χ0v) is 19.9. The molecule has 8 heteroatoms. The zero-order chi connectivity index (χ0) is 23.8. The Hall–Kier alpha value is -2.86. The smallest absolute Gasteiger partial charge is 0.244 e. The quantitative estimate of drug-likeness (QED) is 0.403. The summed E-state index contributed by atoms with van der Waals surface area (Å²) in [6, 6.07) is 21.5. The SMILES string of the molecule is O=C(CN1C(=O)[C@H]2[C@H](C1=O)C1(Cl)c3ccccc3C2(Cl)c2ccccc21)Nc1ccccc1Cl. The molecular weight excluding hydrogens is 495 g/mol. The molecule has 3 aromatic carbocycles. The fraction of sp³-hybridized carbons (Fsp3) is 0.192. The minimum absolute atomic E-state index is 0.354. The van der Waals surface area contributed by atoms with E-state index in [4.69, 9.17) is 34.8 Å². The van der Waals surface area contributed by atoms with Crippen LogP contribution in [-0.2, 0) is 24.1 Å². The highest BCUT2D eigenvalue weighted by molar-refractivity contribution is 6.36. The van der Waals surface area contributed by atoms with Crippen molar-refractivity contribution in [1.29, 1.82) is 0 Å². The highest BCUT2D eigenvalue weighted by Crippen LogP contribution is 2.69. The van der Waals surface area contributed by atoms with Crippen molar-refractivity contribution >= 4 is 58.2 Å². The number of benzene rings is 3. The molecule has 2 atom stereocenters. The van der Waals surface area contributed by atoms with E-state index in [0.29, 0.717) is 10.7 Å². The van der Waals surface area contributed by atoms with Crippen molar-refractivity contribution in [2.45, 2.75) is 9.75 Å². The van der Waals surface area contributed by atoms with E-state index in [-0.39, 0.29) is 0 Å². The topological polar surface area (TPSA) is 66.5 Å². The lowest BCUT2D eigenvalue weighted by Crippen LogP contribution is -2.57. The van der Waals surface area contributed by atoms with Crippen LogP contribution in [0.4, 0.5) is 5.69 Å². The van der Waals surface area contributed by atoms with E-state index in [2.05, 4.69) is 5.32 Å². The molecule has 3 aliphatic carbocycles. The van der Waals surface area contributed by atoms with Crippen LogP contribution in [0.1, 0.15) is 22.3 Å². The summed E-state index contributed by atoms with van der Waals surface area (Å²) >= 11 is 20.8. The Bertz CT molecular complexity index is 1280. The van der Waals surface area contributed by atoms with Crippen LogP contribution in [0, 0.1) is 11.8 Å². The number of hydrogen-bond acceptors (Lipinski definition) is 3. The Kier molecular flexibility index (Phi) is 4.66. The van der Waals surface area contributed by atoms with Gasteiger partial charge in [-0.1, -0.05) is 72.3 Å². The number of amides is 3. The zero-order valence-electron chi connectivity index (χ0n) is 17.6. The summed E-state index contributed by atoms with van der Waals surface area (Å²) in [7, 11) is 0. The number of imide groups is 1. The predicted molar refractivity (Wildman–Crippen MR) is 130 cm³/mol. The minimum atomic E-state index is -1.27. The number of nitrogens with zero attached hydrogens (tertiary/aromatic N) is 1. The van der Waals surface area contributed by atoms with Gasteiger partial charge in [0.2, 0.25) is 17.7 Å². The van der Waals surface area contributed by atoms with Crippen LogP contribution < -0.4 is 5.32 Å². The maximum absolute atomic E-state index is 13.7. The fourth-order valence-electron chi connectivity index (χ4n) is 5.78. The Balaban J connectivity index is 1.43. The number of carbonyl (C=O) groups is 3. The maximum atomic E-state index is 13.7. The Morgan fingerprint density at radius 2 is 1.18 bits per heavy atom. The van der Waals surface area contributed by atoms with Gasteiger partial charge in [0, 0.05) is 0 Å². The summed E-state index contributed by atoms with van der Waals surface area (Å²) in [6.45, 7) is -0.456. The molecule has 170 valence electrons. The molecule has 1 heterocycles. The van der Waals surface area contributed by atoms with Crippen LogP contribution in [-0.4, -0.2) is 29.2 Å². The third-order valence-corrected chi connectivity index (χ3v) is 8.74. The minimum Gasteiger partial charge on any atom is -0.323 e. The largest absolute Gasteiger partial charge is 0.323 e. The first kappa shape index (κ1) is 21.7. The normalized spacial score (nSPS) is 28.4. The van der Waals surface area contributed by atoms with Crippen LogP contribution in [0.2, 0.25) is 5.02 Å². The summed E-state index contributed by atoms with van der Waals surface area (Å²) in [6.07, 6.45) is 0. The Morgan fingerprint density at radius 3 is 1.62 bits per heavy atom. The lowest BCUT2D eigenvalue weighted by Gasteiger charge is -2.54. The van der Waals surface area contributed by atoms with Crippen molar-refractivity contribution < 1.29 is 14.4 Å². The van der Waals surface area contributed by atoms with Crippen LogP contribution in [0.3, 0.4) is 0 Å². The fourth-order valence-corrected chi connectivity index (χ4v) is 7.06. The van der Waals surface area contributed by atoms with Gasteiger partial charge in [-0.25, -0.2) is 0 Å². The molecule has 1 N–H and O–H groups in total. The summed E-state index contributed by atoms with van der Waals surface area (Å²) in [4.78, 5) is 38.7. The molecule has 0 aromatic heterocycles. The summed E-state index contributed by atoms with van der Waals surface area (Å²) in [5.74, 6) is -3.42. The number of anilines is 1. The van der Waals surface area contributed by atoms with E-state index < -0.39 is 45.9 Å². The van der Waals surface area contributed by atoms with Gasteiger partial charge in [-0.3, -0.25) is 19.3 Å².